The third-order valence-electron chi connectivity index (χ3n) is 4.95. The van der Waals surface area contributed by atoms with Gasteiger partial charge in [-0.05, 0) is 44.4 Å². The fraction of sp³-hybridized carbons (Fsp3) is 0.476. The maximum Gasteiger partial charge on any atom is 0.255 e. The molecular weight excluding hydrogens is 356 g/mol. The van der Waals surface area contributed by atoms with Crippen LogP contribution < -0.4 is 15.4 Å². The molecule has 28 heavy (non-hydrogen) atoms. The van der Waals surface area contributed by atoms with Gasteiger partial charge in [-0.1, -0.05) is 12.1 Å². The van der Waals surface area contributed by atoms with Crippen LogP contribution in [0.15, 0.2) is 35.1 Å². The van der Waals surface area contributed by atoms with Crippen LogP contribution in [0.4, 0.5) is 11.6 Å². The van der Waals surface area contributed by atoms with E-state index in [1.807, 2.05) is 38.1 Å². The third kappa shape index (κ3) is 4.42. The SMILES string of the molecule is CCN(C(=O)Cn1c(N2CCCC2)nc(COC)cc1=O)c1cccc(C)c1. The summed E-state index contributed by atoms with van der Waals surface area (Å²) >= 11 is 0. The van der Waals surface area contributed by atoms with Crippen molar-refractivity contribution in [3.63, 3.8) is 0 Å². The lowest BCUT2D eigenvalue weighted by Crippen LogP contribution is -2.39. The molecule has 7 nitrogen and oxygen atoms in total. The second-order valence-electron chi connectivity index (χ2n) is 7.08. The largest absolute Gasteiger partial charge is 0.378 e. The van der Waals surface area contributed by atoms with Crippen molar-refractivity contribution in [2.24, 2.45) is 0 Å². The standard InChI is InChI=1S/C21H28N4O3/c1-4-24(18-9-7-8-16(2)12-18)20(27)14-25-19(26)13-17(15-28-3)22-21(25)23-10-5-6-11-23/h7-9,12-13H,4-6,10-11,14-15H2,1-3H3. The molecule has 1 amide bonds. The van der Waals surface area contributed by atoms with Crippen LogP contribution in [-0.4, -0.2) is 42.2 Å². The van der Waals surface area contributed by atoms with E-state index in [0.29, 0.717) is 18.2 Å². The van der Waals surface area contributed by atoms with Gasteiger partial charge in [0.2, 0.25) is 11.9 Å². The molecule has 0 bridgehead atoms. The van der Waals surface area contributed by atoms with Gasteiger partial charge in [-0.15, -0.1) is 0 Å². The number of likely N-dealkylation sites (N-methyl/N-ethyl adjacent to an activating group) is 1. The van der Waals surface area contributed by atoms with Crippen LogP contribution >= 0.6 is 0 Å². The third-order valence-corrected chi connectivity index (χ3v) is 4.95. The predicted molar refractivity (Wildman–Crippen MR) is 110 cm³/mol. The van der Waals surface area contributed by atoms with Gasteiger partial charge in [0.25, 0.3) is 5.56 Å². The van der Waals surface area contributed by atoms with Crippen molar-refractivity contribution in [2.45, 2.75) is 39.8 Å². The van der Waals surface area contributed by atoms with Gasteiger partial charge in [0.05, 0.1) is 12.3 Å². The van der Waals surface area contributed by atoms with Crippen LogP contribution in [0.2, 0.25) is 0 Å². The van der Waals surface area contributed by atoms with Gasteiger partial charge in [0.15, 0.2) is 0 Å². The Morgan fingerprint density at radius 1 is 1.25 bits per heavy atom. The highest BCUT2D eigenvalue weighted by Gasteiger charge is 2.23. The zero-order valence-corrected chi connectivity index (χ0v) is 16.9. The van der Waals surface area contributed by atoms with Crippen LogP contribution in [0.25, 0.3) is 0 Å². The van der Waals surface area contributed by atoms with Crippen molar-refractivity contribution >= 4 is 17.5 Å². The highest BCUT2D eigenvalue weighted by molar-refractivity contribution is 5.93. The summed E-state index contributed by atoms with van der Waals surface area (Å²) in [5, 5.41) is 0. The first-order valence-corrected chi connectivity index (χ1v) is 9.75. The Kier molecular flexibility index (Phi) is 6.46. The van der Waals surface area contributed by atoms with E-state index in [4.69, 9.17) is 4.74 Å². The minimum atomic E-state index is -0.224. The molecule has 1 aliphatic heterocycles. The fourth-order valence-corrected chi connectivity index (χ4v) is 3.59. The summed E-state index contributed by atoms with van der Waals surface area (Å²) in [5.41, 5.74) is 2.29. The van der Waals surface area contributed by atoms with Crippen molar-refractivity contribution in [3.8, 4) is 0 Å². The van der Waals surface area contributed by atoms with Gasteiger partial charge in [-0.3, -0.25) is 14.2 Å². The Labute approximate surface area is 165 Å². The number of hydrogen-bond donors (Lipinski definition) is 0. The quantitative estimate of drug-likeness (QED) is 0.733. The lowest BCUT2D eigenvalue weighted by atomic mass is 10.2. The van der Waals surface area contributed by atoms with E-state index in [1.54, 1.807) is 12.0 Å². The van der Waals surface area contributed by atoms with Crippen LogP contribution in [0.5, 0.6) is 0 Å². The van der Waals surface area contributed by atoms with Gasteiger partial charge in [0, 0.05) is 38.5 Å². The molecule has 0 aliphatic carbocycles. The lowest BCUT2D eigenvalue weighted by Gasteiger charge is -2.25. The van der Waals surface area contributed by atoms with E-state index >= 15 is 0 Å². The summed E-state index contributed by atoms with van der Waals surface area (Å²) in [4.78, 5) is 34.3. The Bertz CT molecular complexity index is 887. The summed E-state index contributed by atoms with van der Waals surface area (Å²) in [6.45, 7) is 6.38. The number of carbonyl (C=O) groups is 1. The normalized spacial score (nSPS) is 13.8. The number of anilines is 2. The summed E-state index contributed by atoms with van der Waals surface area (Å²) < 4.78 is 6.63. The number of hydrogen-bond acceptors (Lipinski definition) is 5. The Morgan fingerprint density at radius 2 is 2.00 bits per heavy atom. The molecule has 1 saturated heterocycles. The molecule has 2 aromatic rings. The van der Waals surface area contributed by atoms with Crippen molar-refractivity contribution in [2.75, 3.05) is 36.5 Å². The van der Waals surface area contributed by atoms with E-state index in [9.17, 15) is 9.59 Å². The minimum Gasteiger partial charge on any atom is -0.378 e. The molecule has 0 spiro atoms. The second kappa shape index (κ2) is 9.01. The molecule has 150 valence electrons. The first-order valence-electron chi connectivity index (χ1n) is 9.75. The first kappa shape index (κ1) is 20.1. The number of benzene rings is 1. The first-order chi connectivity index (χ1) is 13.5. The van der Waals surface area contributed by atoms with Gasteiger partial charge in [-0.25, -0.2) is 4.98 Å². The summed E-state index contributed by atoms with van der Waals surface area (Å²) in [6.07, 6.45) is 2.12. The highest BCUT2D eigenvalue weighted by Crippen LogP contribution is 2.20. The number of aryl methyl sites for hydroxylation is 1. The summed E-state index contributed by atoms with van der Waals surface area (Å²) in [5.74, 6) is 0.433. The van der Waals surface area contributed by atoms with Crippen molar-refractivity contribution in [1.82, 2.24) is 9.55 Å². The van der Waals surface area contributed by atoms with E-state index < -0.39 is 0 Å². The van der Waals surface area contributed by atoms with E-state index in [1.165, 1.54) is 10.6 Å². The minimum absolute atomic E-state index is 0.0350. The number of amides is 1. The van der Waals surface area contributed by atoms with Crippen LogP contribution in [0, 0.1) is 6.92 Å². The number of ether oxygens (including phenoxy) is 1. The van der Waals surface area contributed by atoms with Crippen molar-refractivity contribution in [3.05, 3.63) is 51.9 Å². The Balaban J connectivity index is 1.93. The van der Waals surface area contributed by atoms with Gasteiger partial charge in [0.1, 0.15) is 6.54 Å². The Hall–Kier alpha value is -2.67. The zero-order chi connectivity index (χ0) is 20.1. The van der Waals surface area contributed by atoms with Crippen LogP contribution in [0.1, 0.15) is 31.0 Å². The van der Waals surface area contributed by atoms with Gasteiger partial charge in [-0.2, -0.15) is 0 Å². The number of nitrogens with zero attached hydrogens (tertiary/aromatic N) is 4. The predicted octanol–water partition coefficient (Wildman–Crippen LogP) is 2.35. The monoisotopic (exact) mass is 384 g/mol. The molecule has 1 aromatic carbocycles. The zero-order valence-electron chi connectivity index (χ0n) is 16.9. The Morgan fingerprint density at radius 3 is 2.64 bits per heavy atom. The number of aromatic nitrogens is 2. The molecule has 0 atom stereocenters. The molecule has 0 saturated carbocycles. The van der Waals surface area contributed by atoms with E-state index in [2.05, 4.69) is 9.88 Å². The molecule has 2 heterocycles. The van der Waals surface area contributed by atoms with Crippen molar-refractivity contribution in [1.29, 1.82) is 0 Å². The molecule has 3 rings (SSSR count). The smallest absolute Gasteiger partial charge is 0.255 e. The van der Waals surface area contributed by atoms with Gasteiger partial charge < -0.3 is 14.5 Å². The second-order valence-corrected chi connectivity index (χ2v) is 7.08. The van der Waals surface area contributed by atoms with E-state index in [0.717, 1.165) is 37.2 Å². The fourth-order valence-electron chi connectivity index (χ4n) is 3.59. The molecule has 1 aromatic heterocycles. The average molecular weight is 384 g/mol. The lowest BCUT2D eigenvalue weighted by molar-refractivity contribution is -0.119. The maximum absolute atomic E-state index is 13.1. The number of rotatable bonds is 7. The van der Waals surface area contributed by atoms with Crippen molar-refractivity contribution < 1.29 is 9.53 Å². The summed E-state index contributed by atoms with van der Waals surface area (Å²) in [7, 11) is 1.58. The molecular formula is C21H28N4O3. The van der Waals surface area contributed by atoms with Crippen LogP contribution in [-0.2, 0) is 22.7 Å². The molecule has 0 radical (unpaired) electrons. The molecule has 1 fully saturated rings. The van der Waals surface area contributed by atoms with Gasteiger partial charge >= 0.3 is 0 Å². The maximum atomic E-state index is 13.1. The molecule has 0 unspecified atom stereocenters. The number of methoxy groups -OCH3 is 1. The average Bonchev–Trinajstić information content (AvgIpc) is 3.19. The molecule has 0 N–H and O–H groups in total. The van der Waals surface area contributed by atoms with E-state index in [-0.39, 0.29) is 24.6 Å². The summed E-state index contributed by atoms with van der Waals surface area (Å²) in [6, 6.07) is 9.28. The van der Waals surface area contributed by atoms with Crippen LogP contribution in [0.3, 0.4) is 0 Å². The highest BCUT2D eigenvalue weighted by atomic mass is 16.5. The number of carbonyl (C=O) groups excluding carboxylic acids is 1. The molecule has 7 heteroatoms. The topological polar surface area (TPSA) is 67.7 Å². The molecule has 1 aliphatic rings.